The first-order valence-corrected chi connectivity index (χ1v) is 10.4. The summed E-state index contributed by atoms with van der Waals surface area (Å²) < 4.78 is 6.70. The van der Waals surface area contributed by atoms with Gasteiger partial charge in [-0.1, -0.05) is 24.3 Å². The minimum atomic E-state index is -0.487. The smallest absolute Gasteiger partial charge is 0.354 e. The second kappa shape index (κ2) is 10.0. The number of aromatic nitrogens is 2. The summed E-state index contributed by atoms with van der Waals surface area (Å²) in [6.07, 6.45) is 3.34. The number of carbonyl (C=O) groups excluding carboxylic acids is 3. The van der Waals surface area contributed by atoms with E-state index in [9.17, 15) is 14.4 Å². The molecule has 1 aromatic carbocycles. The van der Waals surface area contributed by atoms with Crippen LogP contribution in [0.5, 0.6) is 0 Å². The Labute approximate surface area is 187 Å². The SMILES string of the molecule is CCn1c(C)c(C(=O)CN(Cc2cccnc2)C(=O)c2ccccc2)c(C)c1C(=O)OC. The molecule has 0 spiro atoms. The molecular weight excluding hydrogens is 406 g/mol. The maximum absolute atomic E-state index is 13.4. The Morgan fingerprint density at radius 3 is 2.38 bits per heavy atom. The van der Waals surface area contributed by atoms with Gasteiger partial charge in [0.2, 0.25) is 0 Å². The van der Waals surface area contributed by atoms with Crippen molar-refractivity contribution in [2.75, 3.05) is 13.7 Å². The van der Waals surface area contributed by atoms with Gasteiger partial charge in [-0.15, -0.1) is 0 Å². The summed E-state index contributed by atoms with van der Waals surface area (Å²) in [4.78, 5) is 44.6. The number of benzene rings is 1. The van der Waals surface area contributed by atoms with E-state index in [2.05, 4.69) is 4.98 Å². The van der Waals surface area contributed by atoms with Gasteiger partial charge in [0.15, 0.2) is 5.78 Å². The number of hydrogen-bond donors (Lipinski definition) is 0. The number of esters is 1. The van der Waals surface area contributed by atoms with E-state index in [0.29, 0.717) is 34.6 Å². The van der Waals surface area contributed by atoms with E-state index < -0.39 is 5.97 Å². The minimum absolute atomic E-state index is 0.126. The van der Waals surface area contributed by atoms with E-state index >= 15 is 0 Å². The molecule has 3 rings (SSSR count). The van der Waals surface area contributed by atoms with Crippen molar-refractivity contribution in [2.24, 2.45) is 0 Å². The van der Waals surface area contributed by atoms with Gasteiger partial charge in [-0.25, -0.2) is 4.79 Å². The van der Waals surface area contributed by atoms with Crippen LogP contribution in [0.2, 0.25) is 0 Å². The van der Waals surface area contributed by atoms with Crippen LogP contribution in [0.15, 0.2) is 54.9 Å². The zero-order valence-electron chi connectivity index (χ0n) is 18.8. The Hall–Kier alpha value is -3.74. The van der Waals surface area contributed by atoms with E-state index in [1.165, 1.54) is 12.0 Å². The van der Waals surface area contributed by atoms with Crippen LogP contribution in [0.4, 0.5) is 0 Å². The van der Waals surface area contributed by atoms with Crippen molar-refractivity contribution in [3.05, 3.63) is 88.5 Å². The summed E-state index contributed by atoms with van der Waals surface area (Å²) in [7, 11) is 1.32. The second-order valence-electron chi connectivity index (χ2n) is 7.48. The number of rotatable bonds is 8. The molecule has 0 aliphatic rings. The number of Topliss-reactive ketones (excluding diaryl/α,β-unsaturated/α-hetero) is 1. The van der Waals surface area contributed by atoms with Crippen LogP contribution in [-0.2, 0) is 17.8 Å². The lowest BCUT2D eigenvalue weighted by atomic mass is 10.0. The highest BCUT2D eigenvalue weighted by Crippen LogP contribution is 2.24. The van der Waals surface area contributed by atoms with Crippen molar-refractivity contribution < 1.29 is 19.1 Å². The molecule has 0 saturated carbocycles. The van der Waals surface area contributed by atoms with Gasteiger partial charge in [0.1, 0.15) is 5.69 Å². The van der Waals surface area contributed by atoms with Gasteiger partial charge in [-0.05, 0) is 50.1 Å². The Morgan fingerprint density at radius 2 is 1.78 bits per heavy atom. The number of nitrogens with zero attached hydrogens (tertiary/aromatic N) is 3. The van der Waals surface area contributed by atoms with Gasteiger partial charge in [-0.2, -0.15) is 0 Å². The number of carbonyl (C=O) groups is 3. The van der Waals surface area contributed by atoms with Crippen LogP contribution >= 0.6 is 0 Å². The summed E-state index contributed by atoms with van der Waals surface area (Å²) in [5, 5.41) is 0. The molecule has 1 amide bonds. The molecule has 2 aromatic heterocycles. The maximum atomic E-state index is 13.4. The third-order valence-electron chi connectivity index (χ3n) is 5.48. The molecule has 166 valence electrons. The van der Waals surface area contributed by atoms with E-state index in [1.807, 2.05) is 19.1 Å². The van der Waals surface area contributed by atoms with Crippen LogP contribution < -0.4 is 0 Å². The van der Waals surface area contributed by atoms with E-state index in [-0.39, 0.29) is 24.8 Å². The predicted octanol–water partition coefficient (Wildman–Crippen LogP) is 3.83. The molecular formula is C25H27N3O4. The van der Waals surface area contributed by atoms with E-state index in [1.54, 1.807) is 61.1 Å². The normalized spacial score (nSPS) is 10.6. The van der Waals surface area contributed by atoms with E-state index in [4.69, 9.17) is 4.74 Å². The fraction of sp³-hybridized carbons (Fsp3) is 0.280. The lowest BCUT2D eigenvalue weighted by Crippen LogP contribution is -2.35. The molecule has 0 aliphatic carbocycles. The molecule has 0 aliphatic heterocycles. The molecule has 0 N–H and O–H groups in total. The Balaban J connectivity index is 1.97. The summed E-state index contributed by atoms with van der Waals surface area (Å²) in [5.41, 5.74) is 3.38. The summed E-state index contributed by atoms with van der Waals surface area (Å²) in [6, 6.07) is 12.5. The van der Waals surface area contributed by atoms with Crippen molar-refractivity contribution >= 4 is 17.7 Å². The molecule has 0 atom stereocenters. The third kappa shape index (κ3) is 4.61. The van der Waals surface area contributed by atoms with Crippen LogP contribution in [0.25, 0.3) is 0 Å². The first-order chi connectivity index (χ1) is 15.4. The lowest BCUT2D eigenvalue weighted by molar-refractivity contribution is 0.0587. The lowest BCUT2D eigenvalue weighted by Gasteiger charge is -2.22. The van der Waals surface area contributed by atoms with Gasteiger partial charge < -0.3 is 14.2 Å². The Kier molecular flexibility index (Phi) is 7.20. The number of ether oxygens (including phenoxy) is 1. The minimum Gasteiger partial charge on any atom is -0.464 e. The highest BCUT2D eigenvalue weighted by Gasteiger charge is 2.28. The van der Waals surface area contributed by atoms with Crippen LogP contribution in [0, 0.1) is 13.8 Å². The van der Waals surface area contributed by atoms with Crippen LogP contribution in [-0.4, -0.2) is 45.8 Å². The first kappa shape index (κ1) is 22.9. The van der Waals surface area contributed by atoms with Crippen LogP contribution in [0.1, 0.15) is 54.9 Å². The molecule has 0 bridgehead atoms. The number of methoxy groups -OCH3 is 1. The van der Waals surface area contributed by atoms with Gasteiger partial charge in [0.05, 0.1) is 13.7 Å². The van der Waals surface area contributed by atoms with Gasteiger partial charge in [0, 0.05) is 42.3 Å². The van der Waals surface area contributed by atoms with Crippen molar-refractivity contribution in [2.45, 2.75) is 33.9 Å². The Morgan fingerprint density at radius 1 is 1.06 bits per heavy atom. The van der Waals surface area contributed by atoms with Gasteiger partial charge >= 0.3 is 5.97 Å². The highest BCUT2D eigenvalue weighted by molar-refractivity contribution is 6.06. The van der Waals surface area contributed by atoms with Crippen molar-refractivity contribution in [3.63, 3.8) is 0 Å². The molecule has 0 unspecified atom stereocenters. The average molecular weight is 434 g/mol. The molecule has 0 saturated heterocycles. The fourth-order valence-electron chi connectivity index (χ4n) is 3.99. The zero-order valence-corrected chi connectivity index (χ0v) is 18.8. The summed E-state index contributed by atoms with van der Waals surface area (Å²) in [6.45, 7) is 6.08. The average Bonchev–Trinajstić information content (AvgIpc) is 3.08. The number of hydrogen-bond acceptors (Lipinski definition) is 5. The van der Waals surface area contributed by atoms with Crippen molar-refractivity contribution in [1.29, 1.82) is 0 Å². The summed E-state index contributed by atoms with van der Waals surface area (Å²) in [5.74, 6) is -0.967. The molecule has 3 aromatic rings. The maximum Gasteiger partial charge on any atom is 0.354 e. The van der Waals surface area contributed by atoms with Gasteiger partial charge in [-0.3, -0.25) is 14.6 Å². The molecule has 7 heteroatoms. The topological polar surface area (TPSA) is 81.5 Å². The molecule has 7 nitrogen and oxygen atoms in total. The van der Waals surface area contributed by atoms with E-state index in [0.717, 1.165) is 5.56 Å². The van der Waals surface area contributed by atoms with Crippen LogP contribution in [0.3, 0.4) is 0 Å². The summed E-state index contributed by atoms with van der Waals surface area (Å²) >= 11 is 0. The fourth-order valence-corrected chi connectivity index (χ4v) is 3.99. The molecule has 0 fully saturated rings. The monoisotopic (exact) mass is 433 g/mol. The predicted molar refractivity (Wildman–Crippen MR) is 121 cm³/mol. The van der Waals surface area contributed by atoms with Crippen molar-refractivity contribution in [1.82, 2.24) is 14.5 Å². The molecule has 32 heavy (non-hydrogen) atoms. The highest BCUT2D eigenvalue weighted by atomic mass is 16.5. The number of pyridine rings is 1. The number of amides is 1. The zero-order chi connectivity index (χ0) is 23.3. The largest absolute Gasteiger partial charge is 0.464 e. The van der Waals surface area contributed by atoms with Crippen molar-refractivity contribution in [3.8, 4) is 0 Å². The second-order valence-corrected chi connectivity index (χ2v) is 7.48. The Bertz CT molecular complexity index is 1120. The third-order valence-corrected chi connectivity index (χ3v) is 5.48. The first-order valence-electron chi connectivity index (χ1n) is 10.4. The molecule has 0 radical (unpaired) electrons. The standard InChI is InChI=1S/C25H27N3O4/c1-5-28-18(3)22(17(2)23(28)25(31)32-4)21(29)16-27(15-19-10-9-13-26-14-19)24(30)20-11-7-6-8-12-20/h6-14H,5,15-16H2,1-4H3. The quantitative estimate of drug-likeness (QED) is 0.398. The number of ketones is 1. The molecule has 2 heterocycles. The van der Waals surface area contributed by atoms with Gasteiger partial charge in [0.25, 0.3) is 5.91 Å².